The molecule has 0 bridgehead atoms. The Labute approximate surface area is 139 Å². The number of carbonyl (C=O) groups excluding carboxylic acids is 1. The van der Waals surface area contributed by atoms with E-state index in [0.717, 1.165) is 19.2 Å². The topological polar surface area (TPSA) is 59.2 Å². The van der Waals surface area contributed by atoms with Crippen molar-refractivity contribution >= 4 is 28.5 Å². The monoisotopic (exact) mass is 349 g/mol. The number of rotatable bonds is 2. The van der Waals surface area contributed by atoms with Gasteiger partial charge in [-0.3, -0.25) is 4.79 Å². The molecule has 0 spiro atoms. The number of hydrogen-bond donors (Lipinski definition) is 1. The molecule has 1 aromatic heterocycles. The number of aromatic amines is 1. The van der Waals surface area contributed by atoms with Gasteiger partial charge in [0.2, 0.25) is 5.43 Å². The van der Waals surface area contributed by atoms with Crippen LogP contribution in [0, 0.1) is 11.6 Å². The van der Waals surface area contributed by atoms with Gasteiger partial charge in [-0.1, -0.05) is 11.6 Å². The van der Waals surface area contributed by atoms with E-state index in [1.54, 1.807) is 12.1 Å². The van der Waals surface area contributed by atoms with Gasteiger partial charge in [0, 0.05) is 27.6 Å². The minimum absolute atomic E-state index is 0.0156. The first-order chi connectivity index (χ1) is 11.4. The van der Waals surface area contributed by atoms with E-state index in [0.29, 0.717) is 16.6 Å². The average molecular weight is 350 g/mol. The number of aromatic nitrogens is 1. The van der Waals surface area contributed by atoms with Crippen LogP contribution in [0.15, 0.2) is 41.2 Å². The van der Waals surface area contributed by atoms with Crippen molar-refractivity contribution in [3.8, 4) is 11.3 Å². The van der Waals surface area contributed by atoms with Crippen LogP contribution in [0.5, 0.6) is 0 Å². The number of methoxy groups -OCH3 is 1. The Balaban J connectivity index is 2.43. The summed E-state index contributed by atoms with van der Waals surface area (Å²) in [6, 6.07) is 7.22. The number of H-pyrrole nitrogens is 1. The average Bonchev–Trinajstić information content (AvgIpc) is 2.53. The van der Waals surface area contributed by atoms with Crippen molar-refractivity contribution in [2.45, 2.75) is 0 Å². The van der Waals surface area contributed by atoms with Crippen LogP contribution in [-0.4, -0.2) is 18.1 Å². The van der Waals surface area contributed by atoms with Crippen LogP contribution in [0.3, 0.4) is 0 Å². The van der Waals surface area contributed by atoms with E-state index in [4.69, 9.17) is 11.6 Å². The van der Waals surface area contributed by atoms with Gasteiger partial charge in [0.25, 0.3) is 0 Å². The molecular formula is C17H10ClF2NO3. The highest BCUT2D eigenvalue weighted by atomic mass is 35.5. The summed E-state index contributed by atoms with van der Waals surface area (Å²) in [5.41, 5.74) is -0.631. The summed E-state index contributed by atoms with van der Waals surface area (Å²) in [7, 11) is 1.11. The molecule has 122 valence electrons. The van der Waals surface area contributed by atoms with Crippen LogP contribution in [0.2, 0.25) is 5.02 Å². The largest absolute Gasteiger partial charge is 0.465 e. The van der Waals surface area contributed by atoms with Crippen LogP contribution < -0.4 is 5.43 Å². The number of carbonyl (C=O) groups is 1. The lowest BCUT2D eigenvalue weighted by atomic mass is 10.0. The van der Waals surface area contributed by atoms with Crippen molar-refractivity contribution in [2.75, 3.05) is 7.11 Å². The number of pyridine rings is 1. The summed E-state index contributed by atoms with van der Waals surface area (Å²) in [6.07, 6.45) is 0. The Bertz CT molecular complexity index is 1010. The van der Waals surface area contributed by atoms with E-state index in [1.807, 2.05) is 0 Å². The second-order valence-corrected chi connectivity index (χ2v) is 5.48. The molecule has 4 nitrogen and oxygen atoms in total. The third kappa shape index (κ3) is 2.76. The van der Waals surface area contributed by atoms with Gasteiger partial charge in [0.15, 0.2) is 0 Å². The fourth-order valence-electron chi connectivity index (χ4n) is 2.47. The number of fused-ring (bicyclic) bond motifs is 1. The normalized spacial score (nSPS) is 10.8. The quantitative estimate of drug-likeness (QED) is 0.713. The summed E-state index contributed by atoms with van der Waals surface area (Å²) < 4.78 is 31.7. The zero-order valence-electron chi connectivity index (χ0n) is 12.3. The van der Waals surface area contributed by atoms with E-state index in [9.17, 15) is 18.4 Å². The summed E-state index contributed by atoms with van der Waals surface area (Å²) in [5.74, 6) is -2.59. The lowest BCUT2D eigenvalue weighted by Crippen LogP contribution is -2.19. The molecule has 0 aliphatic heterocycles. The van der Waals surface area contributed by atoms with Gasteiger partial charge < -0.3 is 9.72 Å². The van der Waals surface area contributed by atoms with Crippen LogP contribution >= 0.6 is 11.6 Å². The number of hydrogen-bond acceptors (Lipinski definition) is 3. The smallest absolute Gasteiger partial charge is 0.344 e. The van der Waals surface area contributed by atoms with Crippen molar-refractivity contribution < 1.29 is 18.3 Å². The zero-order chi connectivity index (χ0) is 17.4. The molecule has 0 radical (unpaired) electrons. The van der Waals surface area contributed by atoms with Crippen molar-refractivity contribution in [3.63, 3.8) is 0 Å². The third-order valence-electron chi connectivity index (χ3n) is 3.50. The molecule has 1 heterocycles. The molecule has 0 aliphatic carbocycles. The molecule has 0 fully saturated rings. The van der Waals surface area contributed by atoms with Gasteiger partial charge in [0.1, 0.15) is 17.2 Å². The van der Waals surface area contributed by atoms with Gasteiger partial charge >= 0.3 is 5.97 Å². The van der Waals surface area contributed by atoms with Gasteiger partial charge in [-0.2, -0.15) is 0 Å². The standard InChI is InChI=1S/C17H10ClF2NO3/c1-24-17(23)14-15(8-4-10(19)7-11(20)5-8)21-13-3-2-9(18)6-12(13)16(14)22/h2-7H,1H3,(H,21,22). The minimum Gasteiger partial charge on any atom is -0.465 e. The summed E-state index contributed by atoms with van der Waals surface area (Å²) >= 11 is 5.89. The lowest BCUT2D eigenvalue weighted by molar-refractivity contribution is 0.0600. The van der Waals surface area contributed by atoms with E-state index < -0.39 is 23.0 Å². The number of esters is 1. The predicted molar refractivity (Wildman–Crippen MR) is 86.3 cm³/mol. The minimum atomic E-state index is -0.919. The molecule has 1 N–H and O–H groups in total. The highest BCUT2D eigenvalue weighted by Crippen LogP contribution is 2.26. The van der Waals surface area contributed by atoms with E-state index in [1.165, 1.54) is 6.07 Å². The molecule has 3 rings (SSSR count). The first-order valence-electron chi connectivity index (χ1n) is 6.81. The van der Waals surface area contributed by atoms with E-state index in [-0.39, 0.29) is 22.2 Å². The maximum Gasteiger partial charge on any atom is 0.344 e. The van der Waals surface area contributed by atoms with Crippen LogP contribution in [-0.2, 0) is 4.74 Å². The highest BCUT2D eigenvalue weighted by Gasteiger charge is 2.21. The Morgan fingerprint density at radius 3 is 2.42 bits per heavy atom. The Morgan fingerprint density at radius 2 is 1.79 bits per heavy atom. The van der Waals surface area contributed by atoms with Crippen LogP contribution in [0.4, 0.5) is 8.78 Å². The van der Waals surface area contributed by atoms with Gasteiger partial charge in [0.05, 0.1) is 12.8 Å². The van der Waals surface area contributed by atoms with Crippen molar-refractivity contribution in [1.29, 1.82) is 0 Å². The lowest BCUT2D eigenvalue weighted by Gasteiger charge is -2.11. The molecular weight excluding hydrogens is 340 g/mol. The molecule has 3 aromatic rings. The molecule has 0 saturated heterocycles. The molecule has 0 unspecified atom stereocenters. The summed E-state index contributed by atoms with van der Waals surface area (Å²) in [5, 5.41) is 0.483. The molecule has 2 aromatic carbocycles. The van der Waals surface area contributed by atoms with Gasteiger partial charge in [-0.15, -0.1) is 0 Å². The molecule has 24 heavy (non-hydrogen) atoms. The van der Waals surface area contributed by atoms with Crippen molar-refractivity contribution in [3.05, 3.63) is 68.8 Å². The van der Waals surface area contributed by atoms with E-state index in [2.05, 4.69) is 9.72 Å². The van der Waals surface area contributed by atoms with E-state index >= 15 is 0 Å². The summed E-state index contributed by atoms with van der Waals surface area (Å²) in [4.78, 5) is 27.6. The molecule has 0 atom stereocenters. The fraction of sp³-hybridized carbons (Fsp3) is 0.0588. The second kappa shape index (κ2) is 6.05. The number of nitrogens with one attached hydrogen (secondary N) is 1. The maximum atomic E-state index is 13.5. The van der Waals surface area contributed by atoms with Crippen molar-refractivity contribution in [2.24, 2.45) is 0 Å². The molecule has 7 heteroatoms. The van der Waals surface area contributed by atoms with Crippen molar-refractivity contribution in [1.82, 2.24) is 4.98 Å². The predicted octanol–water partition coefficient (Wildman–Crippen LogP) is 3.91. The van der Waals surface area contributed by atoms with Crippen LogP contribution in [0.25, 0.3) is 22.2 Å². The first kappa shape index (κ1) is 16.1. The highest BCUT2D eigenvalue weighted by molar-refractivity contribution is 6.31. The SMILES string of the molecule is COC(=O)c1c(-c2cc(F)cc(F)c2)[nH]c2ccc(Cl)cc2c1=O. The Morgan fingerprint density at radius 1 is 1.12 bits per heavy atom. The third-order valence-corrected chi connectivity index (χ3v) is 3.74. The summed E-state index contributed by atoms with van der Waals surface area (Å²) in [6.45, 7) is 0. The number of ether oxygens (including phenoxy) is 1. The Hall–Kier alpha value is -2.73. The maximum absolute atomic E-state index is 13.5. The number of halogens is 3. The molecule has 0 amide bonds. The molecule has 0 saturated carbocycles. The second-order valence-electron chi connectivity index (χ2n) is 5.04. The van der Waals surface area contributed by atoms with Crippen LogP contribution in [0.1, 0.15) is 10.4 Å². The van der Waals surface area contributed by atoms with Gasteiger partial charge in [-0.05, 0) is 30.3 Å². The van der Waals surface area contributed by atoms with Gasteiger partial charge in [-0.25, -0.2) is 13.6 Å². The number of benzene rings is 2. The Kier molecular flexibility index (Phi) is 4.07. The fourth-order valence-corrected chi connectivity index (χ4v) is 2.64. The molecule has 0 aliphatic rings. The zero-order valence-corrected chi connectivity index (χ0v) is 13.1. The first-order valence-corrected chi connectivity index (χ1v) is 7.19.